The first kappa shape index (κ1) is 15.2. The average molecular weight is 273 g/mol. The number of rotatable bonds is 6. The van der Waals surface area contributed by atoms with Gasteiger partial charge in [-0.3, -0.25) is 4.68 Å². The smallest absolute Gasteiger partial charge is 0.147 e. The van der Waals surface area contributed by atoms with Crippen LogP contribution in [0.1, 0.15) is 35.8 Å². The van der Waals surface area contributed by atoms with E-state index in [0.29, 0.717) is 6.42 Å². The van der Waals surface area contributed by atoms with Gasteiger partial charge < -0.3 is 5.32 Å². The van der Waals surface area contributed by atoms with E-state index in [0.717, 1.165) is 17.8 Å². The van der Waals surface area contributed by atoms with Gasteiger partial charge in [0.25, 0.3) is 0 Å². The second-order valence-electron chi connectivity index (χ2n) is 4.82. The minimum absolute atomic E-state index is 0.167. The minimum Gasteiger partial charge on any atom is -0.313 e. The van der Waals surface area contributed by atoms with Gasteiger partial charge in [0.05, 0.1) is 5.69 Å². The fourth-order valence-corrected chi connectivity index (χ4v) is 2.97. The van der Waals surface area contributed by atoms with Gasteiger partial charge in [0.1, 0.15) is 9.84 Å². The maximum absolute atomic E-state index is 11.1. The maximum Gasteiger partial charge on any atom is 0.147 e. The fraction of sp³-hybridized carbons (Fsp3) is 0.750. The predicted molar refractivity (Wildman–Crippen MR) is 73.4 cm³/mol. The van der Waals surface area contributed by atoms with E-state index in [1.165, 1.54) is 11.8 Å². The lowest BCUT2D eigenvalue weighted by atomic mass is 10.0. The van der Waals surface area contributed by atoms with Crippen LogP contribution in [0.5, 0.6) is 0 Å². The standard InChI is InChI=1S/C12H23N3O2S/c1-9-12(10(2)15(4)14-9)11(13-3)7-6-8-18(5,16)17/h11,13H,6-8H2,1-5H3. The number of sulfone groups is 1. The van der Waals surface area contributed by atoms with E-state index < -0.39 is 9.84 Å². The zero-order valence-electron chi connectivity index (χ0n) is 11.8. The predicted octanol–water partition coefficient (Wildman–Crippen LogP) is 1.12. The molecule has 0 saturated heterocycles. The van der Waals surface area contributed by atoms with Crippen molar-refractivity contribution < 1.29 is 8.42 Å². The van der Waals surface area contributed by atoms with Crippen molar-refractivity contribution in [1.82, 2.24) is 15.1 Å². The molecule has 0 aliphatic carbocycles. The molecule has 1 N–H and O–H groups in total. The van der Waals surface area contributed by atoms with Crippen molar-refractivity contribution in [3.63, 3.8) is 0 Å². The Kier molecular flexibility index (Phi) is 4.92. The summed E-state index contributed by atoms with van der Waals surface area (Å²) in [5.74, 6) is 0.240. The summed E-state index contributed by atoms with van der Waals surface area (Å²) in [5, 5.41) is 7.65. The van der Waals surface area contributed by atoms with Gasteiger partial charge in [-0.2, -0.15) is 5.10 Å². The van der Waals surface area contributed by atoms with Crippen LogP contribution in [0.3, 0.4) is 0 Å². The Morgan fingerprint density at radius 1 is 1.39 bits per heavy atom. The van der Waals surface area contributed by atoms with Crippen LogP contribution in [-0.2, 0) is 16.9 Å². The Morgan fingerprint density at radius 3 is 2.39 bits per heavy atom. The van der Waals surface area contributed by atoms with Crippen LogP contribution in [0.2, 0.25) is 0 Å². The summed E-state index contributed by atoms with van der Waals surface area (Å²) in [7, 11) is 0.952. The number of nitrogens with zero attached hydrogens (tertiary/aromatic N) is 2. The molecule has 1 atom stereocenters. The fourth-order valence-electron chi connectivity index (χ4n) is 2.28. The number of hydrogen-bond acceptors (Lipinski definition) is 4. The van der Waals surface area contributed by atoms with E-state index in [9.17, 15) is 8.42 Å². The molecular formula is C12H23N3O2S. The number of aryl methyl sites for hydroxylation is 2. The third-order valence-electron chi connectivity index (χ3n) is 3.27. The molecule has 0 bridgehead atoms. The van der Waals surface area contributed by atoms with Crippen LogP contribution < -0.4 is 5.32 Å². The molecule has 6 heteroatoms. The highest BCUT2D eigenvalue weighted by molar-refractivity contribution is 7.90. The van der Waals surface area contributed by atoms with Crippen molar-refractivity contribution in [2.45, 2.75) is 32.7 Å². The number of nitrogens with one attached hydrogen (secondary N) is 1. The van der Waals surface area contributed by atoms with Crippen molar-refractivity contribution >= 4 is 9.84 Å². The van der Waals surface area contributed by atoms with Crippen LogP contribution in [0.4, 0.5) is 0 Å². The summed E-state index contributed by atoms with van der Waals surface area (Å²) < 4.78 is 24.1. The van der Waals surface area contributed by atoms with E-state index in [1.807, 2.05) is 32.6 Å². The summed E-state index contributed by atoms with van der Waals surface area (Å²) >= 11 is 0. The van der Waals surface area contributed by atoms with Gasteiger partial charge >= 0.3 is 0 Å². The molecule has 1 heterocycles. The van der Waals surface area contributed by atoms with Crippen molar-refractivity contribution in [2.75, 3.05) is 19.1 Å². The molecule has 5 nitrogen and oxygen atoms in total. The van der Waals surface area contributed by atoms with Crippen LogP contribution in [-0.4, -0.2) is 37.3 Å². The molecule has 0 radical (unpaired) electrons. The molecule has 104 valence electrons. The number of hydrogen-bond donors (Lipinski definition) is 1. The molecule has 1 unspecified atom stereocenters. The Bertz CT molecular complexity index is 506. The molecular weight excluding hydrogens is 250 g/mol. The first-order valence-corrected chi connectivity index (χ1v) is 8.17. The Labute approximate surface area is 109 Å². The zero-order chi connectivity index (χ0) is 13.9. The first-order chi connectivity index (χ1) is 8.26. The highest BCUT2D eigenvalue weighted by atomic mass is 32.2. The first-order valence-electron chi connectivity index (χ1n) is 6.11. The molecule has 1 aromatic rings. The Hall–Kier alpha value is -0.880. The van der Waals surface area contributed by atoms with E-state index in [1.54, 1.807) is 0 Å². The Morgan fingerprint density at radius 2 is 2.00 bits per heavy atom. The van der Waals surface area contributed by atoms with Crippen molar-refractivity contribution in [3.05, 3.63) is 17.0 Å². The third kappa shape index (κ3) is 3.81. The summed E-state index contributed by atoms with van der Waals surface area (Å²) in [6.07, 6.45) is 2.75. The largest absolute Gasteiger partial charge is 0.313 e. The SMILES string of the molecule is CNC(CCCS(C)(=O)=O)c1c(C)nn(C)c1C. The second kappa shape index (κ2) is 5.84. The lowest BCUT2D eigenvalue weighted by Gasteiger charge is -2.16. The summed E-state index contributed by atoms with van der Waals surface area (Å²) in [6, 6.07) is 0.167. The van der Waals surface area contributed by atoms with Crippen molar-refractivity contribution in [3.8, 4) is 0 Å². The highest BCUT2D eigenvalue weighted by Gasteiger charge is 2.18. The maximum atomic E-state index is 11.1. The summed E-state index contributed by atoms with van der Waals surface area (Å²) in [4.78, 5) is 0. The highest BCUT2D eigenvalue weighted by Crippen LogP contribution is 2.24. The molecule has 0 aromatic carbocycles. The topological polar surface area (TPSA) is 64.0 Å². The molecule has 0 saturated carbocycles. The van der Waals surface area contributed by atoms with E-state index in [4.69, 9.17) is 0 Å². The summed E-state index contributed by atoms with van der Waals surface area (Å²) in [6.45, 7) is 4.03. The van der Waals surface area contributed by atoms with Gasteiger partial charge in [-0.1, -0.05) is 0 Å². The van der Waals surface area contributed by atoms with E-state index in [-0.39, 0.29) is 11.8 Å². The minimum atomic E-state index is -2.87. The molecule has 0 amide bonds. The summed E-state index contributed by atoms with van der Waals surface area (Å²) in [5.41, 5.74) is 3.33. The Balaban J connectivity index is 2.78. The van der Waals surface area contributed by atoms with Gasteiger partial charge in [-0.05, 0) is 33.7 Å². The van der Waals surface area contributed by atoms with Gasteiger partial charge in [-0.15, -0.1) is 0 Å². The van der Waals surface area contributed by atoms with Crippen molar-refractivity contribution in [1.29, 1.82) is 0 Å². The number of aromatic nitrogens is 2. The zero-order valence-corrected chi connectivity index (χ0v) is 12.6. The molecule has 0 aliphatic heterocycles. The quantitative estimate of drug-likeness (QED) is 0.843. The van der Waals surface area contributed by atoms with Crippen LogP contribution >= 0.6 is 0 Å². The van der Waals surface area contributed by atoms with E-state index >= 15 is 0 Å². The molecule has 0 spiro atoms. The van der Waals surface area contributed by atoms with Gasteiger partial charge in [0, 0.05) is 36.4 Å². The second-order valence-corrected chi connectivity index (χ2v) is 7.08. The lowest BCUT2D eigenvalue weighted by Crippen LogP contribution is -2.19. The molecule has 0 fully saturated rings. The average Bonchev–Trinajstić information content (AvgIpc) is 2.48. The van der Waals surface area contributed by atoms with Gasteiger partial charge in [-0.25, -0.2) is 8.42 Å². The third-order valence-corrected chi connectivity index (χ3v) is 4.30. The monoisotopic (exact) mass is 273 g/mol. The molecule has 0 aliphatic rings. The molecule has 1 aromatic heterocycles. The molecule has 18 heavy (non-hydrogen) atoms. The molecule has 1 rings (SSSR count). The van der Waals surface area contributed by atoms with Crippen LogP contribution in [0, 0.1) is 13.8 Å². The van der Waals surface area contributed by atoms with Crippen molar-refractivity contribution in [2.24, 2.45) is 7.05 Å². The lowest BCUT2D eigenvalue weighted by molar-refractivity contribution is 0.531. The normalized spacial score (nSPS) is 13.8. The van der Waals surface area contributed by atoms with Crippen LogP contribution in [0.15, 0.2) is 0 Å². The van der Waals surface area contributed by atoms with Gasteiger partial charge in [0.2, 0.25) is 0 Å². The van der Waals surface area contributed by atoms with Gasteiger partial charge in [0.15, 0.2) is 0 Å². The van der Waals surface area contributed by atoms with E-state index in [2.05, 4.69) is 10.4 Å². The van der Waals surface area contributed by atoms with Crippen LogP contribution in [0.25, 0.3) is 0 Å².